The molecule has 0 atom stereocenters. The van der Waals surface area contributed by atoms with Crippen LogP contribution in [0.15, 0.2) is 29.4 Å². The maximum Gasteiger partial charge on any atom is 0.428 e. The molecular weight excluding hydrogens is 254 g/mol. The van der Waals surface area contributed by atoms with Gasteiger partial charge in [-0.05, 0) is 33.8 Å². The van der Waals surface area contributed by atoms with Gasteiger partial charge < -0.3 is 10.1 Å². The molecule has 5 nitrogen and oxygen atoms in total. The molecule has 0 spiro atoms. The van der Waals surface area contributed by atoms with Crippen LogP contribution in [0.1, 0.15) is 32.0 Å². The van der Waals surface area contributed by atoms with E-state index in [1.807, 2.05) is 31.2 Å². The second kappa shape index (κ2) is 5.00. The zero-order valence-corrected chi connectivity index (χ0v) is 12.1. The number of para-hydroxylation sites is 1. The van der Waals surface area contributed by atoms with Crippen molar-refractivity contribution in [3.05, 3.63) is 35.5 Å². The van der Waals surface area contributed by atoms with E-state index in [1.54, 1.807) is 27.0 Å². The fraction of sp³-hybridized carbons (Fsp3) is 0.333. The van der Waals surface area contributed by atoms with Crippen LogP contribution >= 0.6 is 0 Å². The molecule has 0 saturated carbocycles. The molecule has 1 heterocycles. The van der Waals surface area contributed by atoms with E-state index in [4.69, 9.17) is 0 Å². The lowest BCUT2D eigenvalue weighted by molar-refractivity contribution is 0.103. The minimum Gasteiger partial charge on any atom is -0.464 e. The van der Waals surface area contributed by atoms with Gasteiger partial charge in [-0.25, -0.2) is 4.79 Å². The largest absolute Gasteiger partial charge is 0.464 e. The number of hydrazone groups is 1. The first-order valence-electron chi connectivity index (χ1n) is 6.45. The van der Waals surface area contributed by atoms with Gasteiger partial charge in [-0.1, -0.05) is 18.2 Å². The summed E-state index contributed by atoms with van der Waals surface area (Å²) >= 11 is 0. The quantitative estimate of drug-likeness (QED) is 0.648. The Hall–Kier alpha value is -2.30. The molecule has 0 aliphatic carbocycles. The van der Waals surface area contributed by atoms with Crippen LogP contribution in [0, 0.1) is 6.92 Å². The summed E-state index contributed by atoms with van der Waals surface area (Å²) in [6.07, 6.45) is 0.541. The van der Waals surface area contributed by atoms with E-state index in [2.05, 4.69) is 10.1 Å². The maximum absolute atomic E-state index is 11.3. The maximum atomic E-state index is 11.3. The lowest BCUT2D eigenvalue weighted by Crippen LogP contribution is -2.41. The second-order valence-corrected chi connectivity index (χ2v) is 5.72. The first-order valence-corrected chi connectivity index (χ1v) is 6.45. The Bertz CT molecular complexity index is 665. The Morgan fingerprint density at radius 2 is 2.00 bits per heavy atom. The third kappa shape index (κ3) is 2.66. The van der Waals surface area contributed by atoms with E-state index in [9.17, 15) is 9.90 Å². The topological polar surface area (TPSA) is 68.7 Å². The number of hydrogen-bond acceptors (Lipinski definition) is 2. The zero-order valence-electron chi connectivity index (χ0n) is 12.1. The van der Waals surface area contributed by atoms with Crippen LogP contribution in [0.3, 0.4) is 0 Å². The first-order chi connectivity index (χ1) is 9.30. The van der Waals surface area contributed by atoms with Crippen LogP contribution in [-0.4, -0.2) is 32.9 Å². The molecule has 2 rings (SSSR count). The number of nitrogens with one attached hydrogen (secondary N) is 1. The Kier molecular flexibility index (Phi) is 3.53. The average molecular weight is 273 g/mol. The highest BCUT2D eigenvalue weighted by atomic mass is 16.4. The molecule has 5 heteroatoms. The third-order valence-corrected chi connectivity index (χ3v) is 3.06. The fourth-order valence-corrected chi connectivity index (χ4v) is 2.09. The molecule has 0 radical (unpaired) electrons. The molecule has 1 aromatic heterocycles. The van der Waals surface area contributed by atoms with Gasteiger partial charge in [0.25, 0.3) is 0 Å². The highest BCUT2D eigenvalue weighted by Gasteiger charge is 2.25. The van der Waals surface area contributed by atoms with Gasteiger partial charge in [0.1, 0.15) is 0 Å². The minimum absolute atomic E-state index is 0.581. The molecule has 0 saturated heterocycles. The Morgan fingerprint density at radius 3 is 2.60 bits per heavy atom. The van der Waals surface area contributed by atoms with Crippen molar-refractivity contribution in [2.24, 2.45) is 5.10 Å². The second-order valence-electron chi connectivity index (χ2n) is 5.72. The molecular formula is C15H19N3O2. The Balaban J connectivity index is 2.43. The summed E-state index contributed by atoms with van der Waals surface area (Å²) in [5.74, 6) is 0. The van der Waals surface area contributed by atoms with Crippen molar-refractivity contribution in [2.45, 2.75) is 33.2 Å². The number of amides is 1. The number of aromatic amines is 1. The van der Waals surface area contributed by atoms with Gasteiger partial charge in [0, 0.05) is 22.2 Å². The molecule has 2 N–H and O–H groups in total. The van der Waals surface area contributed by atoms with Crippen molar-refractivity contribution in [1.82, 2.24) is 9.99 Å². The van der Waals surface area contributed by atoms with Crippen LogP contribution in [0.5, 0.6) is 0 Å². The summed E-state index contributed by atoms with van der Waals surface area (Å²) in [5.41, 5.74) is 2.32. The molecule has 106 valence electrons. The number of H-pyrrole nitrogens is 1. The van der Waals surface area contributed by atoms with Crippen LogP contribution in [0.4, 0.5) is 4.79 Å². The number of aryl methyl sites for hydroxylation is 1. The van der Waals surface area contributed by atoms with Gasteiger partial charge in [-0.3, -0.25) is 0 Å². The molecule has 1 aromatic carbocycles. The summed E-state index contributed by atoms with van der Waals surface area (Å²) in [4.78, 5) is 14.5. The van der Waals surface area contributed by atoms with Gasteiger partial charge in [-0.15, -0.1) is 0 Å². The molecule has 0 fully saturated rings. The number of nitrogens with zero attached hydrogens (tertiary/aromatic N) is 2. The van der Waals surface area contributed by atoms with Crippen LogP contribution < -0.4 is 0 Å². The Labute approximate surface area is 117 Å². The number of benzene rings is 1. The molecule has 20 heavy (non-hydrogen) atoms. The molecule has 0 unspecified atom stereocenters. The Morgan fingerprint density at radius 1 is 1.35 bits per heavy atom. The number of carboxylic acid groups (broad SMARTS) is 1. The first kappa shape index (κ1) is 14.1. The molecule has 0 aliphatic rings. The number of aromatic nitrogens is 1. The van der Waals surface area contributed by atoms with Crippen LogP contribution in [-0.2, 0) is 0 Å². The predicted octanol–water partition coefficient (Wildman–Crippen LogP) is 3.59. The summed E-state index contributed by atoms with van der Waals surface area (Å²) in [6.45, 7) is 7.37. The van der Waals surface area contributed by atoms with Gasteiger partial charge in [0.05, 0.1) is 11.8 Å². The van der Waals surface area contributed by atoms with E-state index >= 15 is 0 Å². The van der Waals surface area contributed by atoms with Crippen molar-refractivity contribution >= 4 is 23.2 Å². The van der Waals surface area contributed by atoms with Crippen molar-refractivity contribution in [1.29, 1.82) is 0 Å². The molecule has 0 aliphatic heterocycles. The average Bonchev–Trinajstić information content (AvgIpc) is 2.64. The monoisotopic (exact) mass is 273 g/mol. The highest BCUT2D eigenvalue weighted by Crippen LogP contribution is 2.21. The van der Waals surface area contributed by atoms with Crippen molar-refractivity contribution in [3.8, 4) is 0 Å². The van der Waals surface area contributed by atoms with Gasteiger partial charge in [-0.2, -0.15) is 10.1 Å². The normalized spacial score (nSPS) is 12.2. The van der Waals surface area contributed by atoms with Crippen molar-refractivity contribution in [2.75, 3.05) is 0 Å². The minimum atomic E-state index is -1.06. The van der Waals surface area contributed by atoms with E-state index in [1.165, 1.54) is 0 Å². The molecule has 1 amide bonds. The number of carbonyl (C=O) groups is 1. The lowest BCUT2D eigenvalue weighted by Gasteiger charge is -2.27. The number of hydrogen-bond donors (Lipinski definition) is 2. The summed E-state index contributed by atoms with van der Waals surface area (Å²) in [5, 5.41) is 15.5. The van der Waals surface area contributed by atoms with Crippen LogP contribution in [0.25, 0.3) is 10.9 Å². The van der Waals surface area contributed by atoms with Gasteiger partial charge in [0.2, 0.25) is 0 Å². The lowest BCUT2D eigenvalue weighted by atomic mass is 10.1. The summed E-state index contributed by atoms with van der Waals surface area (Å²) < 4.78 is 0. The third-order valence-electron chi connectivity index (χ3n) is 3.06. The fourth-order valence-electron chi connectivity index (χ4n) is 2.09. The smallest absolute Gasteiger partial charge is 0.428 e. The number of rotatable bonds is 2. The van der Waals surface area contributed by atoms with Gasteiger partial charge >= 0.3 is 6.09 Å². The van der Waals surface area contributed by atoms with Crippen molar-refractivity contribution in [3.63, 3.8) is 0 Å². The molecule has 0 bridgehead atoms. The summed E-state index contributed by atoms with van der Waals surface area (Å²) in [6, 6.07) is 7.88. The SMILES string of the molecule is Cc1[nH]c2ccccc2c1/C=N\N(C(=O)O)C(C)(C)C. The predicted molar refractivity (Wildman–Crippen MR) is 80.2 cm³/mol. The number of fused-ring (bicyclic) bond motifs is 1. The van der Waals surface area contributed by atoms with Gasteiger partial charge in [0.15, 0.2) is 0 Å². The van der Waals surface area contributed by atoms with E-state index in [0.717, 1.165) is 27.2 Å². The van der Waals surface area contributed by atoms with E-state index in [0.29, 0.717) is 0 Å². The van der Waals surface area contributed by atoms with E-state index in [-0.39, 0.29) is 0 Å². The highest BCUT2D eigenvalue weighted by molar-refractivity contribution is 6.00. The molecule has 2 aromatic rings. The standard InChI is InChI=1S/C15H19N3O2/c1-10-12(11-7-5-6-8-13(11)17-10)9-16-18(14(19)20)15(2,3)4/h5-9,17H,1-4H3,(H,19,20)/b16-9-. The van der Waals surface area contributed by atoms with E-state index < -0.39 is 11.6 Å². The zero-order chi connectivity index (χ0) is 14.9. The van der Waals surface area contributed by atoms with Crippen LogP contribution in [0.2, 0.25) is 0 Å². The van der Waals surface area contributed by atoms with Crippen molar-refractivity contribution < 1.29 is 9.90 Å². The summed E-state index contributed by atoms with van der Waals surface area (Å²) in [7, 11) is 0.